The maximum atomic E-state index is 11.7. The first-order valence-corrected chi connectivity index (χ1v) is 7.09. The maximum Gasteiger partial charge on any atom is 0.223 e. The van der Waals surface area contributed by atoms with E-state index in [1.54, 1.807) is 0 Å². The number of amides is 1. The normalized spacial score (nSPS) is 38.1. The Morgan fingerprint density at radius 1 is 1.31 bits per heavy atom. The average Bonchev–Trinajstić information content (AvgIpc) is 3.04. The molecule has 2 aliphatic rings. The second kappa shape index (κ2) is 5.39. The first-order chi connectivity index (χ1) is 7.72. The van der Waals surface area contributed by atoms with Crippen LogP contribution in [0.5, 0.6) is 0 Å². The van der Waals surface area contributed by atoms with Crippen LogP contribution in [0.2, 0.25) is 0 Å². The van der Waals surface area contributed by atoms with Crippen LogP contribution in [-0.4, -0.2) is 18.3 Å². The third-order valence-electron chi connectivity index (χ3n) is 4.25. The minimum absolute atomic E-state index is 0.270. The Hall–Kier alpha value is -0.240. The lowest BCUT2D eigenvalue weighted by Gasteiger charge is -2.30. The van der Waals surface area contributed by atoms with E-state index in [2.05, 4.69) is 12.2 Å². The minimum atomic E-state index is 0.270. The van der Waals surface area contributed by atoms with Gasteiger partial charge in [-0.2, -0.15) is 0 Å². The molecule has 0 aromatic rings. The quantitative estimate of drug-likeness (QED) is 0.756. The van der Waals surface area contributed by atoms with Crippen molar-refractivity contribution in [1.82, 2.24) is 5.32 Å². The molecule has 4 unspecified atom stereocenters. The molecule has 0 aromatic carbocycles. The average molecular weight is 244 g/mol. The number of alkyl halides is 1. The zero-order valence-corrected chi connectivity index (χ0v) is 10.8. The van der Waals surface area contributed by atoms with Crippen molar-refractivity contribution in [2.24, 2.45) is 23.7 Å². The van der Waals surface area contributed by atoms with Crippen molar-refractivity contribution in [3.8, 4) is 0 Å². The largest absolute Gasteiger partial charge is 0.356 e. The lowest BCUT2D eigenvalue weighted by atomic mass is 9.80. The zero-order chi connectivity index (χ0) is 11.5. The first-order valence-electron chi connectivity index (χ1n) is 6.56. The standard InChI is InChI=1S/C13H22ClNO/c1-9-6-12(9)13(16)15-8-11-5-3-2-4-10(11)7-14/h9-12H,2-8H2,1H3,(H,15,16). The smallest absolute Gasteiger partial charge is 0.223 e. The van der Waals surface area contributed by atoms with Gasteiger partial charge in [0.2, 0.25) is 5.91 Å². The predicted molar refractivity (Wildman–Crippen MR) is 66.4 cm³/mol. The molecule has 2 aliphatic carbocycles. The molecule has 0 radical (unpaired) electrons. The maximum absolute atomic E-state index is 11.7. The van der Waals surface area contributed by atoms with Crippen LogP contribution in [0.25, 0.3) is 0 Å². The van der Waals surface area contributed by atoms with Gasteiger partial charge in [0.15, 0.2) is 0 Å². The van der Waals surface area contributed by atoms with Gasteiger partial charge in [0.25, 0.3) is 0 Å². The van der Waals surface area contributed by atoms with E-state index in [9.17, 15) is 4.79 Å². The summed E-state index contributed by atoms with van der Waals surface area (Å²) in [6.45, 7) is 2.99. The number of halogens is 1. The summed E-state index contributed by atoms with van der Waals surface area (Å²) in [5.74, 6) is 3.16. The molecule has 92 valence electrons. The van der Waals surface area contributed by atoms with Crippen LogP contribution in [0.3, 0.4) is 0 Å². The van der Waals surface area contributed by atoms with Gasteiger partial charge in [-0.25, -0.2) is 0 Å². The second-order valence-corrected chi connectivity index (χ2v) is 5.83. The Bertz CT molecular complexity index is 256. The molecule has 16 heavy (non-hydrogen) atoms. The summed E-state index contributed by atoms with van der Waals surface area (Å²) < 4.78 is 0. The van der Waals surface area contributed by atoms with E-state index in [4.69, 9.17) is 11.6 Å². The van der Waals surface area contributed by atoms with Crippen LogP contribution in [0.15, 0.2) is 0 Å². The first kappa shape index (κ1) is 12.2. The lowest BCUT2D eigenvalue weighted by Crippen LogP contribution is -2.35. The van der Waals surface area contributed by atoms with Crippen molar-refractivity contribution in [3.05, 3.63) is 0 Å². The van der Waals surface area contributed by atoms with Crippen molar-refractivity contribution in [1.29, 1.82) is 0 Å². The SMILES string of the molecule is CC1CC1C(=O)NCC1CCCCC1CCl. The Kier molecular flexibility index (Phi) is 4.12. The molecule has 0 saturated heterocycles. The Morgan fingerprint density at radius 3 is 2.50 bits per heavy atom. The van der Waals surface area contributed by atoms with Crippen molar-refractivity contribution in [2.45, 2.75) is 39.0 Å². The number of nitrogens with one attached hydrogen (secondary N) is 1. The number of hydrogen-bond donors (Lipinski definition) is 1. The van der Waals surface area contributed by atoms with E-state index in [1.165, 1.54) is 25.7 Å². The van der Waals surface area contributed by atoms with Crippen LogP contribution < -0.4 is 5.32 Å². The highest BCUT2D eigenvalue weighted by Crippen LogP contribution is 2.38. The highest BCUT2D eigenvalue weighted by atomic mass is 35.5. The molecule has 2 nitrogen and oxygen atoms in total. The van der Waals surface area contributed by atoms with E-state index < -0.39 is 0 Å². The van der Waals surface area contributed by atoms with Gasteiger partial charge in [0, 0.05) is 18.3 Å². The van der Waals surface area contributed by atoms with Crippen LogP contribution in [-0.2, 0) is 4.79 Å². The summed E-state index contributed by atoms with van der Waals surface area (Å²) in [4.78, 5) is 11.7. The fraction of sp³-hybridized carbons (Fsp3) is 0.923. The third-order valence-corrected chi connectivity index (χ3v) is 4.65. The molecule has 0 aliphatic heterocycles. The highest BCUT2D eigenvalue weighted by Gasteiger charge is 2.39. The van der Waals surface area contributed by atoms with Gasteiger partial charge >= 0.3 is 0 Å². The van der Waals surface area contributed by atoms with Crippen LogP contribution >= 0.6 is 11.6 Å². The molecule has 2 saturated carbocycles. The fourth-order valence-electron chi connectivity index (χ4n) is 2.81. The number of carbonyl (C=O) groups excluding carboxylic acids is 1. The van der Waals surface area contributed by atoms with E-state index >= 15 is 0 Å². The van der Waals surface area contributed by atoms with E-state index in [1.807, 2.05) is 0 Å². The molecule has 0 heterocycles. The predicted octanol–water partition coefficient (Wildman–Crippen LogP) is 2.80. The molecule has 1 N–H and O–H groups in total. The van der Waals surface area contributed by atoms with E-state index in [0.717, 1.165) is 18.8 Å². The summed E-state index contributed by atoms with van der Waals surface area (Å²) in [6.07, 6.45) is 6.16. The molecule has 2 rings (SSSR count). The molecule has 0 spiro atoms. The molecule has 4 atom stereocenters. The number of carbonyl (C=O) groups is 1. The lowest BCUT2D eigenvalue weighted by molar-refractivity contribution is -0.122. The second-order valence-electron chi connectivity index (χ2n) is 5.52. The Balaban J connectivity index is 1.73. The van der Waals surface area contributed by atoms with Crippen LogP contribution in [0.4, 0.5) is 0 Å². The summed E-state index contributed by atoms with van der Waals surface area (Å²) in [5.41, 5.74) is 0. The summed E-state index contributed by atoms with van der Waals surface area (Å²) in [5, 5.41) is 3.11. The van der Waals surface area contributed by atoms with Crippen molar-refractivity contribution >= 4 is 17.5 Å². The van der Waals surface area contributed by atoms with Crippen molar-refractivity contribution < 1.29 is 4.79 Å². The van der Waals surface area contributed by atoms with Crippen LogP contribution in [0, 0.1) is 23.7 Å². The van der Waals surface area contributed by atoms with E-state index in [0.29, 0.717) is 23.7 Å². The molecule has 1 amide bonds. The van der Waals surface area contributed by atoms with Crippen molar-refractivity contribution in [3.63, 3.8) is 0 Å². The van der Waals surface area contributed by atoms with Gasteiger partial charge in [0.05, 0.1) is 0 Å². The molecular formula is C13H22ClNO. The Morgan fingerprint density at radius 2 is 1.94 bits per heavy atom. The van der Waals surface area contributed by atoms with Gasteiger partial charge < -0.3 is 5.32 Å². The van der Waals surface area contributed by atoms with Crippen LogP contribution in [0.1, 0.15) is 39.0 Å². The van der Waals surface area contributed by atoms with Gasteiger partial charge in [-0.05, 0) is 37.0 Å². The van der Waals surface area contributed by atoms with Gasteiger partial charge in [-0.15, -0.1) is 11.6 Å². The number of hydrogen-bond acceptors (Lipinski definition) is 1. The molecule has 0 bridgehead atoms. The van der Waals surface area contributed by atoms with Gasteiger partial charge in [-0.1, -0.05) is 19.8 Å². The number of rotatable bonds is 4. The summed E-state index contributed by atoms with van der Waals surface area (Å²) >= 11 is 5.98. The summed E-state index contributed by atoms with van der Waals surface area (Å²) in [7, 11) is 0. The molecule has 0 aromatic heterocycles. The van der Waals surface area contributed by atoms with Gasteiger partial charge in [-0.3, -0.25) is 4.79 Å². The van der Waals surface area contributed by atoms with E-state index in [-0.39, 0.29) is 5.91 Å². The molecule has 2 fully saturated rings. The third kappa shape index (κ3) is 2.91. The monoisotopic (exact) mass is 243 g/mol. The Labute approximate surface area is 103 Å². The summed E-state index contributed by atoms with van der Waals surface area (Å²) in [6, 6.07) is 0. The van der Waals surface area contributed by atoms with Crippen molar-refractivity contribution in [2.75, 3.05) is 12.4 Å². The fourth-order valence-corrected chi connectivity index (χ4v) is 3.21. The topological polar surface area (TPSA) is 29.1 Å². The molecule has 3 heteroatoms. The zero-order valence-electron chi connectivity index (χ0n) is 10.0. The minimum Gasteiger partial charge on any atom is -0.356 e. The van der Waals surface area contributed by atoms with Gasteiger partial charge in [0.1, 0.15) is 0 Å². The molecular weight excluding hydrogens is 222 g/mol. The highest BCUT2D eigenvalue weighted by molar-refractivity contribution is 6.18.